The Morgan fingerprint density at radius 3 is 2.47 bits per heavy atom. The van der Waals surface area contributed by atoms with E-state index in [4.69, 9.17) is 5.11 Å². The van der Waals surface area contributed by atoms with Crippen LogP contribution in [0.5, 0.6) is 0 Å². The summed E-state index contributed by atoms with van der Waals surface area (Å²) in [5.41, 5.74) is 0. The number of likely N-dealkylation sites (tertiary alicyclic amines) is 1. The zero-order valence-electron chi connectivity index (χ0n) is 11.7. The monoisotopic (exact) mass is 268 g/mol. The summed E-state index contributed by atoms with van der Waals surface area (Å²) in [5.74, 6) is -0.868. The predicted molar refractivity (Wildman–Crippen MR) is 71.8 cm³/mol. The lowest BCUT2D eigenvalue weighted by molar-refractivity contribution is -0.141. The molecule has 2 rings (SSSR count). The number of hydrogen-bond donors (Lipinski definition) is 1. The number of likely N-dealkylation sites (N-methyl/N-ethyl adjacent to an activating group) is 1. The second-order valence-corrected chi connectivity index (χ2v) is 5.68. The molecular formula is C14H24N2O3. The lowest BCUT2D eigenvalue weighted by atomic mass is 10.1. The predicted octanol–water partition coefficient (Wildman–Crippen LogP) is 1.18. The lowest BCUT2D eigenvalue weighted by Gasteiger charge is -2.29. The van der Waals surface area contributed by atoms with Gasteiger partial charge in [-0.05, 0) is 32.7 Å². The van der Waals surface area contributed by atoms with Crippen molar-refractivity contribution < 1.29 is 14.7 Å². The van der Waals surface area contributed by atoms with E-state index in [9.17, 15) is 9.59 Å². The summed E-state index contributed by atoms with van der Waals surface area (Å²) >= 11 is 0. The van der Waals surface area contributed by atoms with Crippen LogP contribution in [0.2, 0.25) is 0 Å². The zero-order chi connectivity index (χ0) is 13.8. The van der Waals surface area contributed by atoms with Crippen molar-refractivity contribution in [1.29, 1.82) is 0 Å². The van der Waals surface area contributed by atoms with Gasteiger partial charge in [-0.25, -0.2) is 0 Å². The first-order chi connectivity index (χ1) is 9.11. The molecule has 0 aromatic heterocycles. The third kappa shape index (κ3) is 3.47. The van der Waals surface area contributed by atoms with Crippen LogP contribution in [0.4, 0.5) is 0 Å². The van der Waals surface area contributed by atoms with Crippen molar-refractivity contribution in [3.05, 3.63) is 0 Å². The van der Waals surface area contributed by atoms with Gasteiger partial charge in [-0.15, -0.1) is 0 Å². The molecule has 1 heterocycles. The van der Waals surface area contributed by atoms with Gasteiger partial charge in [-0.2, -0.15) is 0 Å². The van der Waals surface area contributed by atoms with Gasteiger partial charge < -0.3 is 10.0 Å². The van der Waals surface area contributed by atoms with Gasteiger partial charge in [-0.3, -0.25) is 14.5 Å². The van der Waals surface area contributed by atoms with Crippen LogP contribution in [-0.4, -0.2) is 59.0 Å². The van der Waals surface area contributed by atoms with Crippen LogP contribution in [0.1, 0.15) is 39.0 Å². The highest BCUT2D eigenvalue weighted by molar-refractivity contribution is 5.79. The number of amides is 1. The van der Waals surface area contributed by atoms with E-state index in [1.54, 1.807) is 0 Å². The van der Waals surface area contributed by atoms with Crippen LogP contribution in [0.15, 0.2) is 0 Å². The highest BCUT2D eigenvalue weighted by Gasteiger charge is 2.31. The Balaban J connectivity index is 1.84. The third-order valence-corrected chi connectivity index (χ3v) is 4.41. The molecule has 2 fully saturated rings. The minimum absolute atomic E-state index is 0.167. The molecule has 0 radical (unpaired) electrons. The molecule has 0 aromatic carbocycles. The van der Waals surface area contributed by atoms with Crippen molar-refractivity contribution in [2.45, 2.75) is 45.1 Å². The van der Waals surface area contributed by atoms with Crippen molar-refractivity contribution in [1.82, 2.24) is 9.80 Å². The maximum atomic E-state index is 12.3. The van der Waals surface area contributed by atoms with Gasteiger partial charge in [-0.1, -0.05) is 12.8 Å². The number of carboxylic acid groups (broad SMARTS) is 1. The van der Waals surface area contributed by atoms with Gasteiger partial charge in [0.05, 0.1) is 12.5 Å². The third-order valence-electron chi connectivity index (χ3n) is 4.41. The van der Waals surface area contributed by atoms with E-state index >= 15 is 0 Å². The molecule has 1 saturated heterocycles. The molecular weight excluding hydrogens is 244 g/mol. The van der Waals surface area contributed by atoms with Crippen LogP contribution >= 0.6 is 0 Å². The molecule has 0 aromatic rings. The van der Waals surface area contributed by atoms with Crippen molar-refractivity contribution in [2.24, 2.45) is 5.92 Å². The Kier molecular flexibility index (Phi) is 4.80. The smallest absolute Gasteiger partial charge is 0.307 e. The maximum absolute atomic E-state index is 12.3. The van der Waals surface area contributed by atoms with Crippen molar-refractivity contribution >= 4 is 11.9 Å². The van der Waals surface area contributed by atoms with Gasteiger partial charge in [0.15, 0.2) is 0 Å². The summed E-state index contributed by atoms with van der Waals surface area (Å²) in [7, 11) is 0. The van der Waals surface area contributed by atoms with E-state index in [1.165, 1.54) is 12.8 Å². The van der Waals surface area contributed by atoms with E-state index in [1.807, 2.05) is 16.7 Å². The molecule has 108 valence electrons. The maximum Gasteiger partial charge on any atom is 0.307 e. The first-order valence-corrected chi connectivity index (χ1v) is 7.36. The molecule has 1 aliphatic carbocycles. The zero-order valence-corrected chi connectivity index (χ0v) is 11.7. The Hall–Kier alpha value is -1.10. The standard InChI is InChI=1S/C14H24N2O3/c1-2-16(12-5-3-4-6-12)13(17)10-15-8-7-11(9-15)14(18)19/h11-12H,2-10H2,1H3,(H,18,19). The fourth-order valence-corrected chi connectivity index (χ4v) is 3.31. The Labute approximate surface area is 114 Å². The normalized spacial score (nSPS) is 24.8. The molecule has 5 heteroatoms. The summed E-state index contributed by atoms with van der Waals surface area (Å²) in [6.45, 7) is 4.42. The van der Waals surface area contributed by atoms with Crippen molar-refractivity contribution in [3.63, 3.8) is 0 Å². The van der Waals surface area contributed by atoms with Gasteiger partial charge >= 0.3 is 5.97 Å². The summed E-state index contributed by atoms with van der Waals surface area (Å²) < 4.78 is 0. The number of carbonyl (C=O) groups excluding carboxylic acids is 1. The van der Waals surface area contributed by atoms with Crippen LogP contribution in [0.25, 0.3) is 0 Å². The molecule has 1 atom stereocenters. The summed E-state index contributed by atoms with van der Waals surface area (Å²) in [4.78, 5) is 27.2. The molecule has 0 spiro atoms. The second-order valence-electron chi connectivity index (χ2n) is 5.68. The molecule has 0 bridgehead atoms. The largest absolute Gasteiger partial charge is 0.481 e. The fraction of sp³-hybridized carbons (Fsp3) is 0.857. The summed E-state index contributed by atoms with van der Waals surface area (Å²) in [5, 5.41) is 8.97. The van der Waals surface area contributed by atoms with Gasteiger partial charge in [0, 0.05) is 19.1 Å². The summed E-state index contributed by atoms with van der Waals surface area (Å²) in [6, 6.07) is 0.412. The van der Waals surface area contributed by atoms with E-state index < -0.39 is 5.97 Å². The second kappa shape index (κ2) is 6.37. The lowest BCUT2D eigenvalue weighted by Crippen LogP contribution is -2.44. The fourth-order valence-electron chi connectivity index (χ4n) is 3.31. The number of carbonyl (C=O) groups is 2. The van der Waals surface area contributed by atoms with E-state index in [-0.39, 0.29) is 11.8 Å². The molecule has 1 amide bonds. The Morgan fingerprint density at radius 2 is 1.95 bits per heavy atom. The van der Waals surface area contributed by atoms with Gasteiger partial charge in [0.25, 0.3) is 0 Å². The minimum Gasteiger partial charge on any atom is -0.481 e. The van der Waals surface area contributed by atoms with Gasteiger partial charge in [0.1, 0.15) is 0 Å². The average Bonchev–Trinajstić information content (AvgIpc) is 3.01. The number of nitrogens with zero attached hydrogens (tertiary/aromatic N) is 2. The quantitative estimate of drug-likeness (QED) is 0.813. The molecule has 2 aliphatic rings. The molecule has 1 saturated carbocycles. The average molecular weight is 268 g/mol. The first-order valence-electron chi connectivity index (χ1n) is 7.36. The van der Waals surface area contributed by atoms with Crippen LogP contribution < -0.4 is 0 Å². The first kappa shape index (κ1) is 14.3. The number of rotatable bonds is 5. The highest BCUT2D eigenvalue weighted by atomic mass is 16.4. The molecule has 1 N–H and O–H groups in total. The van der Waals surface area contributed by atoms with Crippen LogP contribution in [0, 0.1) is 5.92 Å². The van der Waals surface area contributed by atoms with Gasteiger partial charge in [0.2, 0.25) is 5.91 Å². The molecule has 5 nitrogen and oxygen atoms in total. The van der Waals surface area contributed by atoms with Crippen LogP contribution in [0.3, 0.4) is 0 Å². The molecule has 1 aliphatic heterocycles. The number of carboxylic acids is 1. The number of aliphatic carboxylic acids is 1. The summed E-state index contributed by atoms with van der Waals surface area (Å²) in [6.07, 6.45) is 5.35. The molecule has 1 unspecified atom stereocenters. The molecule has 19 heavy (non-hydrogen) atoms. The Bertz CT molecular complexity index is 340. The SMILES string of the molecule is CCN(C(=O)CN1CCC(C(=O)O)C1)C1CCCC1. The Morgan fingerprint density at radius 1 is 1.26 bits per heavy atom. The highest BCUT2D eigenvalue weighted by Crippen LogP contribution is 2.24. The van der Waals surface area contributed by atoms with E-state index in [0.29, 0.717) is 25.6 Å². The van der Waals surface area contributed by atoms with E-state index in [2.05, 4.69) is 0 Å². The van der Waals surface area contributed by atoms with Crippen molar-refractivity contribution in [2.75, 3.05) is 26.2 Å². The topological polar surface area (TPSA) is 60.9 Å². The van der Waals surface area contributed by atoms with Crippen molar-refractivity contribution in [3.8, 4) is 0 Å². The number of hydrogen-bond acceptors (Lipinski definition) is 3. The van der Waals surface area contributed by atoms with Crippen LogP contribution in [-0.2, 0) is 9.59 Å². The van der Waals surface area contributed by atoms with E-state index in [0.717, 1.165) is 25.9 Å². The minimum atomic E-state index is -0.738.